The van der Waals surface area contributed by atoms with Crippen LogP contribution in [0, 0.1) is 0 Å². The maximum Gasteiger partial charge on any atom is 0.211 e. The molecule has 1 rings (SSSR count). The van der Waals surface area contributed by atoms with Crippen LogP contribution >= 0.6 is 0 Å². The molecule has 0 fully saturated rings. The van der Waals surface area contributed by atoms with E-state index in [0.717, 1.165) is 25.3 Å². The van der Waals surface area contributed by atoms with E-state index in [1.165, 1.54) is 0 Å². The molecule has 0 radical (unpaired) electrons. The predicted octanol–water partition coefficient (Wildman–Crippen LogP) is 1.37. The third-order valence-corrected chi connectivity index (χ3v) is 4.17. The van der Waals surface area contributed by atoms with Gasteiger partial charge in [-0.25, -0.2) is 13.1 Å². The van der Waals surface area contributed by atoms with Crippen LogP contribution in [0.1, 0.15) is 19.8 Å². The molecule has 0 unspecified atom stereocenters. The Morgan fingerprint density at radius 2 is 1.85 bits per heavy atom. The standard InChI is InChI=1S/C14H24N2O3S/c1-2-15-10-6-7-13-20(17,18)16-11-12-19-14-8-4-3-5-9-14/h3-5,8-9,15-16H,2,6-7,10-13H2,1H3. The average Bonchev–Trinajstić information content (AvgIpc) is 2.44. The van der Waals surface area contributed by atoms with Crippen molar-refractivity contribution in [2.24, 2.45) is 0 Å². The molecule has 0 saturated carbocycles. The van der Waals surface area contributed by atoms with E-state index >= 15 is 0 Å². The minimum Gasteiger partial charge on any atom is -0.492 e. The molecule has 0 bridgehead atoms. The number of ether oxygens (including phenoxy) is 1. The Kier molecular flexibility index (Phi) is 8.25. The van der Waals surface area contributed by atoms with E-state index < -0.39 is 10.0 Å². The molecule has 0 atom stereocenters. The quantitative estimate of drug-likeness (QED) is 0.606. The Balaban J connectivity index is 2.10. The van der Waals surface area contributed by atoms with E-state index in [1.807, 2.05) is 37.3 Å². The van der Waals surface area contributed by atoms with Gasteiger partial charge in [-0.2, -0.15) is 0 Å². The van der Waals surface area contributed by atoms with Crippen LogP contribution in [0.15, 0.2) is 30.3 Å². The molecule has 20 heavy (non-hydrogen) atoms. The van der Waals surface area contributed by atoms with Crippen LogP contribution < -0.4 is 14.8 Å². The molecule has 6 heteroatoms. The van der Waals surface area contributed by atoms with Gasteiger partial charge in [-0.15, -0.1) is 0 Å². The highest BCUT2D eigenvalue weighted by molar-refractivity contribution is 7.89. The molecule has 0 amide bonds. The highest BCUT2D eigenvalue weighted by Gasteiger charge is 2.08. The number of sulfonamides is 1. The average molecular weight is 300 g/mol. The number of unbranched alkanes of at least 4 members (excludes halogenated alkanes) is 1. The summed E-state index contributed by atoms with van der Waals surface area (Å²) in [5, 5.41) is 3.17. The number of hydrogen-bond donors (Lipinski definition) is 2. The van der Waals surface area contributed by atoms with Gasteiger partial charge in [0.05, 0.1) is 5.75 Å². The van der Waals surface area contributed by atoms with E-state index in [0.29, 0.717) is 19.6 Å². The van der Waals surface area contributed by atoms with Gasteiger partial charge in [-0.05, 0) is 38.1 Å². The summed E-state index contributed by atoms with van der Waals surface area (Å²) in [6, 6.07) is 9.35. The zero-order valence-electron chi connectivity index (χ0n) is 12.0. The van der Waals surface area contributed by atoms with Crippen molar-refractivity contribution in [3.8, 4) is 5.75 Å². The lowest BCUT2D eigenvalue weighted by molar-refractivity contribution is 0.323. The fraction of sp³-hybridized carbons (Fsp3) is 0.571. The lowest BCUT2D eigenvalue weighted by atomic mass is 10.3. The third-order valence-electron chi connectivity index (χ3n) is 2.70. The summed E-state index contributed by atoms with van der Waals surface area (Å²) in [5.74, 6) is 0.918. The van der Waals surface area contributed by atoms with Crippen molar-refractivity contribution in [1.82, 2.24) is 10.0 Å². The van der Waals surface area contributed by atoms with E-state index in [9.17, 15) is 8.42 Å². The molecule has 1 aromatic carbocycles. The molecule has 0 aliphatic rings. The largest absolute Gasteiger partial charge is 0.492 e. The van der Waals surface area contributed by atoms with Gasteiger partial charge < -0.3 is 10.1 Å². The lowest BCUT2D eigenvalue weighted by Crippen LogP contribution is -2.30. The number of benzene rings is 1. The Morgan fingerprint density at radius 1 is 1.10 bits per heavy atom. The van der Waals surface area contributed by atoms with Gasteiger partial charge in [0.1, 0.15) is 12.4 Å². The van der Waals surface area contributed by atoms with Crippen LogP contribution in [0.25, 0.3) is 0 Å². The molecule has 0 aliphatic carbocycles. The molecule has 114 valence electrons. The SMILES string of the molecule is CCNCCCCS(=O)(=O)NCCOc1ccccc1. The third kappa shape index (κ3) is 8.14. The first-order valence-corrected chi connectivity index (χ1v) is 8.65. The first-order valence-electron chi connectivity index (χ1n) is 7.00. The maximum atomic E-state index is 11.7. The van der Waals surface area contributed by atoms with E-state index in [2.05, 4.69) is 10.0 Å². The molecule has 0 spiro atoms. The van der Waals surface area contributed by atoms with Crippen LogP contribution in [0.3, 0.4) is 0 Å². The first kappa shape index (κ1) is 16.9. The monoisotopic (exact) mass is 300 g/mol. The predicted molar refractivity (Wildman–Crippen MR) is 81.5 cm³/mol. The Morgan fingerprint density at radius 3 is 2.55 bits per heavy atom. The number of para-hydroxylation sites is 1. The molecule has 0 aliphatic heterocycles. The van der Waals surface area contributed by atoms with Crippen molar-refractivity contribution >= 4 is 10.0 Å². The summed E-state index contributed by atoms with van der Waals surface area (Å²) >= 11 is 0. The summed E-state index contributed by atoms with van der Waals surface area (Å²) < 4.78 is 31.3. The molecule has 0 saturated heterocycles. The Hall–Kier alpha value is -1.11. The van der Waals surface area contributed by atoms with Gasteiger partial charge in [0, 0.05) is 6.54 Å². The normalized spacial score (nSPS) is 11.4. The van der Waals surface area contributed by atoms with Crippen LogP contribution in [-0.4, -0.2) is 40.4 Å². The summed E-state index contributed by atoms with van der Waals surface area (Å²) in [7, 11) is -3.18. The van der Waals surface area contributed by atoms with Crippen LogP contribution in [0.2, 0.25) is 0 Å². The smallest absolute Gasteiger partial charge is 0.211 e. The molecule has 5 nitrogen and oxygen atoms in total. The summed E-state index contributed by atoms with van der Waals surface area (Å²) in [5.41, 5.74) is 0. The second-order valence-corrected chi connectivity index (χ2v) is 6.36. The van der Waals surface area contributed by atoms with E-state index in [-0.39, 0.29) is 5.75 Å². The van der Waals surface area contributed by atoms with E-state index in [4.69, 9.17) is 4.74 Å². The van der Waals surface area contributed by atoms with Crippen molar-refractivity contribution < 1.29 is 13.2 Å². The molecule has 2 N–H and O–H groups in total. The van der Waals surface area contributed by atoms with Gasteiger partial charge in [-0.3, -0.25) is 0 Å². The molecule has 1 aromatic rings. The first-order chi connectivity index (χ1) is 9.64. The lowest BCUT2D eigenvalue weighted by Gasteiger charge is -2.08. The zero-order valence-corrected chi connectivity index (χ0v) is 12.8. The molecular formula is C14H24N2O3S. The molecular weight excluding hydrogens is 276 g/mol. The van der Waals surface area contributed by atoms with Gasteiger partial charge in [-0.1, -0.05) is 25.1 Å². The minimum absolute atomic E-state index is 0.170. The number of nitrogens with one attached hydrogen (secondary N) is 2. The van der Waals surface area contributed by atoms with Gasteiger partial charge >= 0.3 is 0 Å². The molecule has 0 aromatic heterocycles. The second kappa shape index (κ2) is 9.74. The van der Waals surface area contributed by atoms with Crippen molar-refractivity contribution in [3.05, 3.63) is 30.3 Å². The summed E-state index contributed by atoms with van der Waals surface area (Å²) in [6.07, 6.45) is 1.54. The van der Waals surface area contributed by atoms with Crippen molar-refractivity contribution in [3.63, 3.8) is 0 Å². The maximum absolute atomic E-state index is 11.7. The minimum atomic E-state index is -3.18. The zero-order chi connectivity index (χ0) is 14.7. The topological polar surface area (TPSA) is 67.4 Å². The Bertz CT molecular complexity index is 449. The summed E-state index contributed by atoms with van der Waals surface area (Å²) in [4.78, 5) is 0. The highest BCUT2D eigenvalue weighted by Crippen LogP contribution is 2.07. The Labute approximate surface area is 121 Å². The highest BCUT2D eigenvalue weighted by atomic mass is 32.2. The fourth-order valence-corrected chi connectivity index (χ4v) is 2.80. The number of hydrogen-bond acceptors (Lipinski definition) is 4. The van der Waals surface area contributed by atoms with Crippen LogP contribution in [-0.2, 0) is 10.0 Å². The van der Waals surface area contributed by atoms with Crippen LogP contribution in [0.5, 0.6) is 5.75 Å². The fourth-order valence-electron chi connectivity index (χ4n) is 1.67. The van der Waals surface area contributed by atoms with Crippen LogP contribution in [0.4, 0.5) is 0 Å². The van der Waals surface area contributed by atoms with Gasteiger partial charge in [0.25, 0.3) is 0 Å². The van der Waals surface area contributed by atoms with E-state index in [1.54, 1.807) is 0 Å². The molecule has 0 heterocycles. The van der Waals surface area contributed by atoms with Crippen molar-refractivity contribution in [2.45, 2.75) is 19.8 Å². The van der Waals surface area contributed by atoms with Gasteiger partial charge in [0.2, 0.25) is 10.0 Å². The van der Waals surface area contributed by atoms with Crippen molar-refractivity contribution in [1.29, 1.82) is 0 Å². The summed E-state index contributed by atoms with van der Waals surface area (Å²) in [6.45, 7) is 4.45. The second-order valence-electron chi connectivity index (χ2n) is 4.44. The van der Waals surface area contributed by atoms with Crippen molar-refractivity contribution in [2.75, 3.05) is 32.0 Å². The number of rotatable bonds is 11. The van der Waals surface area contributed by atoms with Gasteiger partial charge in [0.15, 0.2) is 0 Å².